The SMILES string of the molecule is Fc1ccc([C@H](c2nnnn2C2CCCCC2)N2CCN(c3ccccc3F)CC2)cc1. The highest BCUT2D eigenvalue weighted by molar-refractivity contribution is 5.48. The van der Waals surface area contributed by atoms with E-state index >= 15 is 0 Å². The lowest BCUT2D eigenvalue weighted by Gasteiger charge is -2.40. The Morgan fingerprint density at radius 3 is 2.28 bits per heavy atom. The van der Waals surface area contributed by atoms with Gasteiger partial charge >= 0.3 is 0 Å². The number of halogens is 2. The number of anilines is 1. The summed E-state index contributed by atoms with van der Waals surface area (Å²) in [7, 11) is 0. The average molecular weight is 439 g/mol. The highest BCUT2D eigenvalue weighted by Crippen LogP contribution is 2.34. The molecule has 3 aromatic rings. The van der Waals surface area contributed by atoms with Crippen molar-refractivity contribution in [1.29, 1.82) is 0 Å². The number of piperazine rings is 1. The number of benzene rings is 2. The van der Waals surface area contributed by atoms with Gasteiger partial charge in [0, 0.05) is 26.2 Å². The van der Waals surface area contributed by atoms with Gasteiger partial charge in [-0.25, -0.2) is 13.5 Å². The molecular weight excluding hydrogens is 410 g/mol. The molecule has 0 bridgehead atoms. The first kappa shape index (κ1) is 21.0. The predicted octanol–water partition coefficient (Wildman–Crippen LogP) is 4.37. The van der Waals surface area contributed by atoms with Gasteiger partial charge in [-0.05, 0) is 53.1 Å². The monoisotopic (exact) mass is 438 g/mol. The molecule has 8 heteroatoms. The highest BCUT2D eigenvalue weighted by atomic mass is 19.1. The maximum Gasteiger partial charge on any atom is 0.173 e. The summed E-state index contributed by atoms with van der Waals surface area (Å²) in [4.78, 5) is 4.41. The molecule has 1 aliphatic heterocycles. The van der Waals surface area contributed by atoms with E-state index in [9.17, 15) is 8.78 Å². The molecule has 2 heterocycles. The Hall–Kier alpha value is -2.87. The standard InChI is InChI=1S/C24H28F2N6/c25-19-12-10-18(11-13-19)23(24-27-28-29-32(24)20-6-2-1-3-7-20)31-16-14-30(15-17-31)22-9-5-4-8-21(22)26/h4-5,8-13,20,23H,1-3,6-7,14-17H2/t23-/m1/s1. The first-order valence-corrected chi connectivity index (χ1v) is 11.5. The molecule has 1 saturated carbocycles. The molecule has 6 nitrogen and oxygen atoms in total. The lowest BCUT2D eigenvalue weighted by atomic mass is 9.95. The van der Waals surface area contributed by atoms with Crippen molar-refractivity contribution < 1.29 is 8.78 Å². The maximum atomic E-state index is 14.3. The summed E-state index contributed by atoms with van der Waals surface area (Å²) in [6, 6.07) is 13.7. The molecule has 0 unspecified atom stereocenters. The Labute approximate surface area is 186 Å². The fourth-order valence-corrected chi connectivity index (χ4v) is 5.06. The summed E-state index contributed by atoms with van der Waals surface area (Å²) >= 11 is 0. The molecular formula is C24H28F2N6. The zero-order valence-corrected chi connectivity index (χ0v) is 18.1. The van der Waals surface area contributed by atoms with E-state index in [1.54, 1.807) is 6.07 Å². The van der Waals surface area contributed by atoms with Crippen molar-refractivity contribution in [2.24, 2.45) is 0 Å². The summed E-state index contributed by atoms with van der Waals surface area (Å²) in [5.74, 6) is 0.351. The lowest BCUT2D eigenvalue weighted by molar-refractivity contribution is 0.193. The van der Waals surface area contributed by atoms with E-state index in [0.29, 0.717) is 24.8 Å². The minimum absolute atomic E-state index is 0.171. The second-order valence-electron chi connectivity index (χ2n) is 8.70. The van der Waals surface area contributed by atoms with E-state index in [1.807, 2.05) is 28.9 Å². The van der Waals surface area contributed by atoms with Crippen LogP contribution in [0.4, 0.5) is 14.5 Å². The number of para-hydroxylation sites is 1. The maximum absolute atomic E-state index is 14.3. The van der Waals surface area contributed by atoms with Gasteiger partial charge in [-0.15, -0.1) is 5.10 Å². The fraction of sp³-hybridized carbons (Fsp3) is 0.458. The van der Waals surface area contributed by atoms with Crippen LogP contribution in [-0.2, 0) is 0 Å². The van der Waals surface area contributed by atoms with E-state index in [4.69, 9.17) is 0 Å². The zero-order chi connectivity index (χ0) is 21.9. The van der Waals surface area contributed by atoms with Gasteiger partial charge in [-0.3, -0.25) is 4.90 Å². The third-order valence-corrected chi connectivity index (χ3v) is 6.74. The van der Waals surface area contributed by atoms with Crippen molar-refractivity contribution >= 4 is 5.69 Å². The summed E-state index contributed by atoms with van der Waals surface area (Å²) in [6.07, 6.45) is 5.79. The zero-order valence-electron chi connectivity index (χ0n) is 18.1. The molecule has 1 saturated heterocycles. The molecule has 5 rings (SSSR count). The molecule has 0 amide bonds. The summed E-state index contributed by atoms with van der Waals surface area (Å²) in [5.41, 5.74) is 1.61. The molecule has 1 aliphatic carbocycles. The fourth-order valence-electron chi connectivity index (χ4n) is 5.06. The largest absolute Gasteiger partial charge is 0.367 e. The van der Waals surface area contributed by atoms with Crippen LogP contribution in [-0.4, -0.2) is 51.3 Å². The third kappa shape index (κ3) is 4.24. The molecule has 1 atom stereocenters. The van der Waals surface area contributed by atoms with E-state index < -0.39 is 0 Å². The first-order chi connectivity index (χ1) is 15.7. The molecule has 2 fully saturated rings. The Bertz CT molecular complexity index is 1020. The molecule has 2 aromatic carbocycles. The van der Waals surface area contributed by atoms with Crippen LogP contribution in [0.5, 0.6) is 0 Å². The topological polar surface area (TPSA) is 50.1 Å². The second-order valence-corrected chi connectivity index (χ2v) is 8.70. The van der Waals surface area contributed by atoms with Crippen molar-refractivity contribution in [1.82, 2.24) is 25.1 Å². The number of tetrazole rings is 1. The van der Waals surface area contributed by atoms with Crippen LogP contribution >= 0.6 is 0 Å². The van der Waals surface area contributed by atoms with Crippen LogP contribution in [0.25, 0.3) is 0 Å². The van der Waals surface area contributed by atoms with E-state index in [1.165, 1.54) is 37.5 Å². The van der Waals surface area contributed by atoms with Crippen molar-refractivity contribution in [3.05, 3.63) is 71.6 Å². The minimum Gasteiger partial charge on any atom is -0.367 e. The van der Waals surface area contributed by atoms with Gasteiger partial charge < -0.3 is 4.90 Å². The molecule has 0 radical (unpaired) electrons. The number of hydrogen-bond acceptors (Lipinski definition) is 5. The Morgan fingerprint density at radius 1 is 0.844 bits per heavy atom. The molecule has 168 valence electrons. The van der Waals surface area contributed by atoms with E-state index in [0.717, 1.165) is 37.3 Å². The van der Waals surface area contributed by atoms with Crippen molar-refractivity contribution in [3.63, 3.8) is 0 Å². The van der Waals surface area contributed by atoms with Gasteiger partial charge in [0.2, 0.25) is 0 Å². The van der Waals surface area contributed by atoms with Crippen molar-refractivity contribution in [3.8, 4) is 0 Å². The Kier molecular flexibility index (Phi) is 6.12. The molecule has 2 aliphatic rings. The molecule has 32 heavy (non-hydrogen) atoms. The van der Waals surface area contributed by atoms with E-state index in [2.05, 4.69) is 25.3 Å². The summed E-state index contributed by atoms with van der Waals surface area (Å²) in [6.45, 7) is 2.86. The quantitative estimate of drug-likeness (QED) is 0.592. The van der Waals surface area contributed by atoms with Crippen LogP contribution in [0.3, 0.4) is 0 Å². The van der Waals surface area contributed by atoms with Crippen molar-refractivity contribution in [2.75, 3.05) is 31.1 Å². The smallest absolute Gasteiger partial charge is 0.173 e. The van der Waals surface area contributed by atoms with Crippen LogP contribution in [0, 0.1) is 11.6 Å². The Morgan fingerprint density at radius 2 is 1.56 bits per heavy atom. The number of rotatable bonds is 5. The number of nitrogens with zero attached hydrogens (tertiary/aromatic N) is 6. The summed E-state index contributed by atoms with van der Waals surface area (Å²) < 4.78 is 30.0. The van der Waals surface area contributed by atoms with Crippen molar-refractivity contribution in [2.45, 2.75) is 44.2 Å². The van der Waals surface area contributed by atoms with Crippen LogP contribution in [0.15, 0.2) is 48.5 Å². The van der Waals surface area contributed by atoms with Gasteiger partial charge in [0.05, 0.1) is 17.8 Å². The van der Waals surface area contributed by atoms with Gasteiger partial charge in [0.25, 0.3) is 0 Å². The molecule has 0 spiro atoms. The lowest BCUT2D eigenvalue weighted by Crippen LogP contribution is -2.48. The van der Waals surface area contributed by atoms with Crippen LogP contribution in [0.1, 0.15) is 55.6 Å². The molecule has 1 aromatic heterocycles. The highest BCUT2D eigenvalue weighted by Gasteiger charge is 2.33. The van der Waals surface area contributed by atoms with Crippen LogP contribution in [0.2, 0.25) is 0 Å². The van der Waals surface area contributed by atoms with Gasteiger partial charge in [-0.1, -0.05) is 43.5 Å². The number of hydrogen-bond donors (Lipinski definition) is 0. The molecule has 0 N–H and O–H groups in total. The van der Waals surface area contributed by atoms with Crippen LogP contribution < -0.4 is 4.90 Å². The third-order valence-electron chi connectivity index (χ3n) is 6.74. The average Bonchev–Trinajstić information content (AvgIpc) is 3.31. The minimum atomic E-state index is -0.260. The Balaban J connectivity index is 1.43. The normalized spacial score (nSPS) is 19.2. The predicted molar refractivity (Wildman–Crippen MR) is 118 cm³/mol. The first-order valence-electron chi connectivity index (χ1n) is 11.5. The van der Waals surface area contributed by atoms with Gasteiger partial charge in [-0.2, -0.15) is 0 Å². The van der Waals surface area contributed by atoms with Gasteiger partial charge in [0.1, 0.15) is 11.6 Å². The second kappa shape index (κ2) is 9.32. The number of aromatic nitrogens is 4. The van der Waals surface area contributed by atoms with Gasteiger partial charge in [0.15, 0.2) is 5.82 Å². The summed E-state index contributed by atoms with van der Waals surface area (Å²) in [5, 5.41) is 12.8. The van der Waals surface area contributed by atoms with E-state index in [-0.39, 0.29) is 17.7 Å².